The third kappa shape index (κ3) is 41.6. The molecule has 0 aromatic heterocycles. The van der Waals surface area contributed by atoms with Gasteiger partial charge in [-0.05, 0) is 25.2 Å². The summed E-state index contributed by atoms with van der Waals surface area (Å²) >= 11 is 0. The average molecular weight is 765 g/mol. The van der Waals surface area contributed by atoms with Crippen molar-refractivity contribution >= 4 is 17.9 Å². The van der Waals surface area contributed by atoms with E-state index in [0.29, 0.717) is 19.3 Å². The zero-order valence-corrected chi connectivity index (χ0v) is 36.7. The van der Waals surface area contributed by atoms with Crippen LogP contribution in [0, 0.1) is 5.92 Å². The van der Waals surface area contributed by atoms with E-state index in [1.165, 1.54) is 161 Å². The smallest absolute Gasteiger partial charge is 0.306 e. The number of carbonyl (C=O) groups is 3. The average Bonchev–Trinajstić information content (AvgIpc) is 3.15. The summed E-state index contributed by atoms with van der Waals surface area (Å²) in [5.41, 5.74) is 0. The molecule has 0 rings (SSSR count). The highest BCUT2D eigenvalue weighted by Gasteiger charge is 2.19. The Morgan fingerprint density at radius 1 is 0.352 bits per heavy atom. The monoisotopic (exact) mass is 765 g/mol. The van der Waals surface area contributed by atoms with Gasteiger partial charge in [-0.3, -0.25) is 14.4 Å². The molecule has 0 radical (unpaired) electrons. The molecule has 6 heteroatoms. The second-order valence-corrected chi connectivity index (χ2v) is 16.9. The zero-order valence-electron chi connectivity index (χ0n) is 36.7. The minimum absolute atomic E-state index is 0.0637. The SMILES string of the molecule is CCCCCCCCCCCCCCCCC(=O)OC[C@H](COC(=O)CCCCCCCCC)OC(=O)CCCCCCCCCCCCCCC(C)C. The van der Waals surface area contributed by atoms with E-state index >= 15 is 0 Å². The Bertz CT molecular complexity index is 811. The number of rotatable bonds is 43. The van der Waals surface area contributed by atoms with Gasteiger partial charge < -0.3 is 14.2 Å². The van der Waals surface area contributed by atoms with Crippen LogP contribution in [0.1, 0.15) is 265 Å². The Labute approximate surface area is 336 Å². The molecule has 0 aromatic carbocycles. The summed E-state index contributed by atoms with van der Waals surface area (Å²) in [6.07, 6.45) is 42.4. The van der Waals surface area contributed by atoms with Crippen LogP contribution in [0.15, 0.2) is 0 Å². The fourth-order valence-electron chi connectivity index (χ4n) is 7.16. The predicted octanol–water partition coefficient (Wildman–Crippen LogP) is 15.1. The highest BCUT2D eigenvalue weighted by atomic mass is 16.6. The van der Waals surface area contributed by atoms with Crippen LogP contribution in [-0.2, 0) is 28.6 Å². The maximum atomic E-state index is 12.7. The third-order valence-electron chi connectivity index (χ3n) is 10.8. The normalized spacial score (nSPS) is 11.9. The van der Waals surface area contributed by atoms with Gasteiger partial charge in [0.2, 0.25) is 0 Å². The summed E-state index contributed by atoms with van der Waals surface area (Å²) in [5.74, 6) is -0.0243. The molecule has 0 fully saturated rings. The van der Waals surface area contributed by atoms with E-state index < -0.39 is 6.10 Å². The highest BCUT2D eigenvalue weighted by Crippen LogP contribution is 2.16. The second kappa shape index (κ2) is 42.6. The molecule has 0 amide bonds. The number of unbranched alkanes of at least 4 members (excludes halogenated alkanes) is 30. The standard InChI is InChI=1S/C48H92O6/c1-5-7-9-11-13-14-15-16-17-21-24-28-32-36-40-47(50)53-43-45(42-52-46(49)39-35-31-26-12-10-8-6-2)54-48(51)41-37-33-29-25-22-19-18-20-23-27-30-34-38-44(3)4/h44-45H,5-43H2,1-4H3/t45-/m0/s1. The molecule has 0 bridgehead atoms. The van der Waals surface area contributed by atoms with Crippen LogP contribution in [0.3, 0.4) is 0 Å². The Morgan fingerprint density at radius 2 is 0.611 bits per heavy atom. The molecular weight excluding hydrogens is 673 g/mol. The number of hydrogen-bond acceptors (Lipinski definition) is 6. The first-order valence-corrected chi connectivity index (χ1v) is 23.9. The van der Waals surface area contributed by atoms with Gasteiger partial charge in [-0.25, -0.2) is 0 Å². The molecule has 0 N–H and O–H groups in total. The Hall–Kier alpha value is -1.59. The molecule has 0 aliphatic carbocycles. The largest absolute Gasteiger partial charge is 0.462 e. The molecule has 320 valence electrons. The van der Waals surface area contributed by atoms with Crippen LogP contribution in [0.5, 0.6) is 0 Å². The molecule has 0 aliphatic heterocycles. The summed E-state index contributed by atoms with van der Waals surface area (Å²) in [4.78, 5) is 37.7. The van der Waals surface area contributed by atoms with Crippen LogP contribution in [-0.4, -0.2) is 37.2 Å². The molecule has 0 aliphatic rings. The molecule has 0 saturated carbocycles. The van der Waals surface area contributed by atoms with Crippen LogP contribution >= 0.6 is 0 Å². The van der Waals surface area contributed by atoms with Gasteiger partial charge >= 0.3 is 17.9 Å². The van der Waals surface area contributed by atoms with Crippen molar-refractivity contribution in [2.24, 2.45) is 5.92 Å². The number of ether oxygens (including phenoxy) is 3. The summed E-state index contributed by atoms with van der Waals surface area (Å²) in [6.45, 7) is 8.97. The first-order valence-electron chi connectivity index (χ1n) is 23.9. The van der Waals surface area contributed by atoms with Gasteiger partial charge in [0.05, 0.1) is 0 Å². The van der Waals surface area contributed by atoms with Crippen molar-refractivity contribution < 1.29 is 28.6 Å². The van der Waals surface area contributed by atoms with Crippen molar-refractivity contribution in [3.05, 3.63) is 0 Å². The summed E-state index contributed by atoms with van der Waals surface area (Å²) in [5, 5.41) is 0. The molecule has 6 nitrogen and oxygen atoms in total. The first-order chi connectivity index (χ1) is 26.4. The highest BCUT2D eigenvalue weighted by molar-refractivity contribution is 5.71. The first kappa shape index (κ1) is 52.4. The van der Waals surface area contributed by atoms with E-state index in [4.69, 9.17) is 14.2 Å². The summed E-state index contributed by atoms with van der Waals surface area (Å²) in [7, 11) is 0. The zero-order chi connectivity index (χ0) is 39.6. The molecule has 0 saturated heterocycles. The Morgan fingerprint density at radius 3 is 0.907 bits per heavy atom. The van der Waals surface area contributed by atoms with Crippen molar-refractivity contribution in [2.75, 3.05) is 13.2 Å². The third-order valence-corrected chi connectivity index (χ3v) is 10.8. The molecule has 1 atom stereocenters. The van der Waals surface area contributed by atoms with E-state index in [1.807, 2.05) is 0 Å². The number of esters is 3. The number of carbonyl (C=O) groups excluding carboxylic acids is 3. The fourth-order valence-corrected chi connectivity index (χ4v) is 7.16. The van der Waals surface area contributed by atoms with E-state index in [2.05, 4.69) is 27.7 Å². The minimum Gasteiger partial charge on any atom is -0.462 e. The molecule has 0 spiro atoms. The maximum absolute atomic E-state index is 12.7. The van der Waals surface area contributed by atoms with E-state index in [-0.39, 0.29) is 31.1 Å². The van der Waals surface area contributed by atoms with Gasteiger partial charge in [0.15, 0.2) is 6.10 Å². The van der Waals surface area contributed by atoms with Gasteiger partial charge in [-0.15, -0.1) is 0 Å². The quantitative estimate of drug-likeness (QED) is 0.0349. The van der Waals surface area contributed by atoms with Crippen molar-refractivity contribution in [1.82, 2.24) is 0 Å². The molecule has 0 unspecified atom stereocenters. The van der Waals surface area contributed by atoms with Gasteiger partial charge in [0.25, 0.3) is 0 Å². The van der Waals surface area contributed by atoms with Gasteiger partial charge in [-0.1, -0.05) is 227 Å². The van der Waals surface area contributed by atoms with Gasteiger partial charge in [-0.2, -0.15) is 0 Å². The Balaban J connectivity index is 4.24. The summed E-state index contributed by atoms with van der Waals surface area (Å²) < 4.78 is 16.7. The lowest BCUT2D eigenvalue weighted by Gasteiger charge is -2.18. The molecule has 0 heterocycles. The van der Waals surface area contributed by atoms with Crippen molar-refractivity contribution in [1.29, 1.82) is 0 Å². The van der Waals surface area contributed by atoms with Crippen molar-refractivity contribution in [3.8, 4) is 0 Å². The van der Waals surface area contributed by atoms with Crippen LogP contribution in [0.4, 0.5) is 0 Å². The topological polar surface area (TPSA) is 78.9 Å². The van der Waals surface area contributed by atoms with Crippen LogP contribution in [0.25, 0.3) is 0 Å². The Kier molecular flexibility index (Phi) is 41.3. The lowest BCUT2D eigenvalue weighted by atomic mass is 10.0. The fraction of sp³-hybridized carbons (Fsp3) is 0.938. The number of hydrogen-bond donors (Lipinski definition) is 0. The van der Waals surface area contributed by atoms with E-state index in [0.717, 1.165) is 63.7 Å². The maximum Gasteiger partial charge on any atom is 0.306 e. The van der Waals surface area contributed by atoms with Crippen molar-refractivity contribution in [3.63, 3.8) is 0 Å². The van der Waals surface area contributed by atoms with Gasteiger partial charge in [0.1, 0.15) is 13.2 Å². The van der Waals surface area contributed by atoms with Crippen LogP contribution in [0.2, 0.25) is 0 Å². The predicted molar refractivity (Wildman–Crippen MR) is 229 cm³/mol. The summed E-state index contributed by atoms with van der Waals surface area (Å²) in [6, 6.07) is 0. The lowest BCUT2D eigenvalue weighted by Crippen LogP contribution is -2.30. The molecule has 54 heavy (non-hydrogen) atoms. The van der Waals surface area contributed by atoms with Crippen molar-refractivity contribution in [2.45, 2.75) is 271 Å². The van der Waals surface area contributed by atoms with Gasteiger partial charge in [0, 0.05) is 19.3 Å². The lowest BCUT2D eigenvalue weighted by molar-refractivity contribution is -0.167. The van der Waals surface area contributed by atoms with E-state index in [9.17, 15) is 14.4 Å². The molecular formula is C48H92O6. The van der Waals surface area contributed by atoms with Crippen LogP contribution < -0.4 is 0 Å². The molecule has 0 aromatic rings. The van der Waals surface area contributed by atoms with E-state index in [1.54, 1.807) is 0 Å². The minimum atomic E-state index is -0.758. The second-order valence-electron chi connectivity index (χ2n) is 16.9.